The van der Waals surface area contributed by atoms with Crippen molar-refractivity contribution in [3.05, 3.63) is 69.2 Å². The monoisotopic (exact) mass is 455 g/mol. The number of amides is 1. The van der Waals surface area contributed by atoms with E-state index in [1.54, 1.807) is 6.07 Å². The van der Waals surface area contributed by atoms with Crippen molar-refractivity contribution in [3.8, 4) is 5.75 Å². The molecule has 5 nitrogen and oxygen atoms in total. The Labute approximate surface area is 194 Å². The Morgan fingerprint density at radius 2 is 1.81 bits per heavy atom. The lowest BCUT2D eigenvalue weighted by atomic mass is 9.84. The average Bonchev–Trinajstić information content (AvgIpc) is 2.98. The molecule has 0 radical (unpaired) electrons. The SMILES string of the molecule is CCCCN1C(=O)C(=O)/C(=C(/O)c2cc(C(C)(C)C)ccc2C)C1c1ccc(O)c(Cl)c1. The van der Waals surface area contributed by atoms with Gasteiger partial charge in [-0.3, -0.25) is 9.59 Å². The molecule has 1 amide bonds. The van der Waals surface area contributed by atoms with Gasteiger partial charge in [-0.2, -0.15) is 0 Å². The second kappa shape index (κ2) is 8.99. The molecule has 0 saturated carbocycles. The van der Waals surface area contributed by atoms with E-state index in [2.05, 4.69) is 20.8 Å². The Balaban J connectivity index is 2.25. The molecule has 32 heavy (non-hydrogen) atoms. The lowest BCUT2D eigenvalue weighted by Crippen LogP contribution is -2.30. The van der Waals surface area contributed by atoms with Crippen molar-refractivity contribution in [1.29, 1.82) is 0 Å². The number of rotatable bonds is 5. The van der Waals surface area contributed by atoms with Gasteiger partial charge in [0.05, 0.1) is 16.6 Å². The van der Waals surface area contributed by atoms with Crippen molar-refractivity contribution in [2.24, 2.45) is 0 Å². The number of unbranched alkanes of at least 4 members (excludes halogenated alkanes) is 1. The molecule has 0 aliphatic carbocycles. The van der Waals surface area contributed by atoms with Gasteiger partial charge in [-0.25, -0.2) is 0 Å². The zero-order chi connectivity index (χ0) is 23.8. The van der Waals surface area contributed by atoms with Crippen LogP contribution in [0.2, 0.25) is 5.02 Å². The highest BCUT2D eigenvalue weighted by Crippen LogP contribution is 2.42. The standard InChI is InChI=1S/C26H30ClNO4/c1-6-7-12-28-22(16-9-11-20(29)19(27)13-16)21(24(31)25(28)32)23(30)18-14-17(26(3,4)5)10-8-15(18)2/h8-11,13-14,22,29-30H,6-7,12H2,1-5H3/b23-21+. The molecule has 2 aromatic rings. The second-order valence-electron chi connectivity index (χ2n) is 9.34. The Morgan fingerprint density at radius 3 is 2.41 bits per heavy atom. The minimum absolute atomic E-state index is 0.0435. The first-order valence-electron chi connectivity index (χ1n) is 10.9. The van der Waals surface area contributed by atoms with Crippen LogP contribution in [0.5, 0.6) is 5.75 Å². The zero-order valence-corrected chi connectivity index (χ0v) is 20.0. The van der Waals surface area contributed by atoms with E-state index in [-0.39, 0.29) is 27.5 Å². The molecule has 2 aromatic carbocycles. The van der Waals surface area contributed by atoms with Crippen LogP contribution in [-0.2, 0) is 15.0 Å². The van der Waals surface area contributed by atoms with Gasteiger partial charge >= 0.3 is 0 Å². The predicted octanol–water partition coefficient (Wildman–Crippen LogP) is 5.87. The van der Waals surface area contributed by atoms with Crippen LogP contribution in [0.3, 0.4) is 0 Å². The van der Waals surface area contributed by atoms with Gasteiger partial charge in [-0.1, -0.05) is 63.9 Å². The predicted molar refractivity (Wildman–Crippen MR) is 127 cm³/mol. The number of aliphatic hydroxyl groups is 1. The van der Waals surface area contributed by atoms with Crippen LogP contribution in [-0.4, -0.2) is 33.3 Å². The Kier molecular flexibility index (Phi) is 6.70. The average molecular weight is 456 g/mol. The molecule has 0 spiro atoms. The first kappa shape index (κ1) is 23.9. The van der Waals surface area contributed by atoms with E-state index in [1.807, 2.05) is 32.0 Å². The smallest absolute Gasteiger partial charge is 0.295 e. The Morgan fingerprint density at radius 1 is 1.12 bits per heavy atom. The number of benzene rings is 2. The molecule has 3 rings (SSSR count). The van der Waals surface area contributed by atoms with E-state index >= 15 is 0 Å². The molecule has 0 bridgehead atoms. The molecule has 2 N–H and O–H groups in total. The fourth-order valence-electron chi connectivity index (χ4n) is 3.97. The maximum Gasteiger partial charge on any atom is 0.295 e. The fourth-order valence-corrected chi connectivity index (χ4v) is 4.16. The second-order valence-corrected chi connectivity index (χ2v) is 9.74. The topological polar surface area (TPSA) is 77.8 Å². The first-order valence-corrected chi connectivity index (χ1v) is 11.2. The number of phenolic OH excluding ortho intramolecular Hbond substituents is 1. The summed E-state index contributed by atoms with van der Waals surface area (Å²) >= 11 is 6.14. The lowest BCUT2D eigenvalue weighted by Gasteiger charge is -2.26. The van der Waals surface area contributed by atoms with Crippen LogP contribution in [0.15, 0.2) is 42.0 Å². The summed E-state index contributed by atoms with van der Waals surface area (Å²) in [5.74, 6) is -1.64. The number of halogens is 1. The molecule has 1 atom stereocenters. The summed E-state index contributed by atoms with van der Waals surface area (Å²) in [6.45, 7) is 10.5. The van der Waals surface area contributed by atoms with Crippen molar-refractivity contribution < 1.29 is 19.8 Å². The van der Waals surface area contributed by atoms with E-state index in [4.69, 9.17) is 11.6 Å². The van der Waals surface area contributed by atoms with Crippen LogP contribution in [0.25, 0.3) is 5.76 Å². The highest BCUT2D eigenvalue weighted by molar-refractivity contribution is 6.46. The molecule has 170 valence electrons. The van der Waals surface area contributed by atoms with Gasteiger partial charge in [0, 0.05) is 12.1 Å². The van der Waals surface area contributed by atoms with E-state index in [9.17, 15) is 19.8 Å². The summed E-state index contributed by atoms with van der Waals surface area (Å²) in [4.78, 5) is 27.6. The molecule has 1 fully saturated rings. The third kappa shape index (κ3) is 4.40. The number of aromatic hydroxyl groups is 1. The maximum absolute atomic E-state index is 13.1. The van der Waals surface area contributed by atoms with Gasteiger partial charge < -0.3 is 15.1 Å². The molecule has 1 aliphatic heterocycles. The number of hydrogen-bond donors (Lipinski definition) is 2. The molecule has 1 heterocycles. The summed E-state index contributed by atoms with van der Waals surface area (Å²) < 4.78 is 0. The maximum atomic E-state index is 13.1. The molecule has 0 aromatic heterocycles. The summed E-state index contributed by atoms with van der Waals surface area (Å²) in [7, 11) is 0. The number of Topliss-reactive ketones (excluding diaryl/α,β-unsaturated/α-hetero) is 1. The molecule has 6 heteroatoms. The number of carbonyl (C=O) groups is 2. The van der Waals surface area contributed by atoms with E-state index in [0.29, 0.717) is 24.1 Å². The Hall–Kier alpha value is -2.79. The number of carbonyl (C=O) groups excluding carboxylic acids is 2. The van der Waals surface area contributed by atoms with E-state index < -0.39 is 17.7 Å². The number of nitrogens with zero attached hydrogens (tertiary/aromatic N) is 1. The van der Waals surface area contributed by atoms with Crippen LogP contribution in [0, 0.1) is 6.92 Å². The lowest BCUT2D eigenvalue weighted by molar-refractivity contribution is -0.139. The molecule has 1 unspecified atom stereocenters. The van der Waals surface area contributed by atoms with Gasteiger partial charge in [0.15, 0.2) is 0 Å². The van der Waals surface area contributed by atoms with Crippen LogP contribution < -0.4 is 0 Å². The summed E-state index contributed by atoms with van der Waals surface area (Å²) in [5, 5.41) is 21.3. The molecule has 1 aliphatic rings. The van der Waals surface area contributed by atoms with Crippen molar-refractivity contribution >= 4 is 29.1 Å². The summed E-state index contributed by atoms with van der Waals surface area (Å²) in [5.41, 5.74) is 2.80. The minimum Gasteiger partial charge on any atom is -0.507 e. The van der Waals surface area contributed by atoms with E-state index in [0.717, 1.165) is 17.5 Å². The zero-order valence-electron chi connectivity index (χ0n) is 19.2. The van der Waals surface area contributed by atoms with Crippen LogP contribution in [0.4, 0.5) is 0 Å². The number of phenols is 1. The van der Waals surface area contributed by atoms with Crippen molar-refractivity contribution in [3.63, 3.8) is 0 Å². The summed E-state index contributed by atoms with van der Waals surface area (Å²) in [6.07, 6.45) is 1.56. The van der Waals surface area contributed by atoms with Crippen molar-refractivity contribution in [2.45, 2.75) is 58.9 Å². The highest BCUT2D eigenvalue weighted by Gasteiger charge is 2.46. The van der Waals surface area contributed by atoms with Crippen molar-refractivity contribution in [1.82, 2.24) is 4.90 Å². The third-order valence-electron chi connectivity index (χ3n) is 5.94. The highest BCUT2D eigenvalue weighted by atomic mass is 35.5. The fraction of sp³-hybridized carbons (Fsp3) is 0.385. The normalized spacial score (nSPS) is 18.4. The number of hydrogen-bond acceptors (Lipinski definition) is 4. The quantitative estimate of drug-likeness (QED) is 0.335. The van der Waals surface area contributed by atoms with Crippen molar-refractivity contribution in [2.75, 3.05) is 6.54 Å². The van der Waals surface area contributed by atoms with Crippen LogP contribution >= 0.6 is 11.6 Å². The minimum atomic E-state index is -0.780. The molecular formula is C26H30ClNO4. The Bertz CT molecular complexity index is 1100. The van der Waals surface area contributed by atoms with Gasteiger partial charge in [-0.15, -0.1) is 0 Å². The molecule has 1 saturated heterocycles. The first-order chi connectivity index (χ1) is 15.0. The summed E-state index contributed by atoms with van der Waals surface area (Å²) in [6, 6.07) is 9.62. The largest absolute Gasteiger partial charge is 0.507 e. The van der Waals surface area contributed by atoms with Crippen LogP contribution in [0.1, 0.15) is 68.8 Å². The van der Waals surface area contributed by atoms with E-state index in [1.165, 1.54) is 17.0 Å². The number of aryl methyl sites for hydroxylation is 1. The number of ketones is 1. The van der Waals surface area contributed by atoms with Gasteiger partial charge in [0.2, 0.25) is 0 Å². The van der Waals surface area contributed by atoms with Gasteiger partial charge in [-0.05, 0) is 53.6 Å². The van der Waals surface area contributed by atoms with Gasteiger partial charge in [0.1, 0.15) is 11.5 Å². The molecular weight excluding hydrogens is 426 g/mol. The third-order valence-corrected chi connectivity index (χ3v) is 6.24. The van der Waals surface area contributed by atoms with Gasteiger partial charge in [0.25, 0.3) is 11.7 Å². The number of aliphatic hydroxyl groups excluding tert-OH is 1. The number of likely N-dealkylation sites (tertiary alicyclic amines) is 1.